The van der Waals surface area contributed by atoms with Crippen molar-refractivity contribution in [3.05, 3.63) is 105 Å². The molecule has 0 unspecified atom stereocenters. The number of hydrogen-bond acceptors (Lipinski definition) is 5. The zero-order valence-corrected chi connectivity index (χ0v) is 25.7. The number of hydrogen-bond donors (Lipinski definition) is 2. The van der Waals surface area contributed by atoms with Crippen molar-refractivity contribution in [2.45, 2.75) is 6.92 Å². The molecule has 0 bridgehead atoms. The first-order valence-corrected chi connectivity index (χ1v) is 14.6. The van der Waals surface area contributed by atoms with Crippen molar-refractivity contribution >= 4 is 69.6 Å². The lowest BCUT2D eigenvalue weighted by molar-refractivity contribution is -0.115. The smallest absolute Gasteiger partial charge is 0.250 e. The van der Waals surface area contributed by atoms with Gasteiger partial charge < -0.3 is 19.5 Å². The SMILES string of the molecule is Cc1ccc(-c2ccc(/C=C/C(=O)NC(=S)Nc3ccc(N4CCN(c5c(F)c(F)c(F)c(F)c5F)CC4)c(Cl)c3)o2)cc1Cl. The van der Waals surface area contributed by atoms with Crippen molar-refractivity contribution in [3.8, 4) is 11.3 Å². The summed E-state index contributed by atoms with van der Waals surface area (Å²) in [5, 5.41) is 6.33. The van der Waals surface area contributed by atoms with Crippen molar-refractivity contribution in [3.63, 3.8) is 0 Å². The number of nitrogens with zero attached hydrogens (tertiary/aromatic N) is 2. The third kappa shape index (κ3) is 7.08. The zero-order chi connectivity index (χ0) is 32.4. The molecule has 1 aliphatic rings. The van der Waals surface area contributed by atoms with Crippen LogP contribution in [-0.4, -0.2) is 37.2 Å². The second-order valence-corrected chi connectivity index (χ2v) is 11.2. The van der Waals surface area contributed by atoms with Crippen LogP contribution in [0.1, 0.15) is 11.3 Å². The Bertz CT molecular complexity index is 1800. The Morgan fingerprint density at radius 2 is 1.49 bits per heavy atom. The fourth-order valence-corrected chi connectivity index (χ4v) is 5.40. The number of aryl methyl sites for hydroxylation is 1. The normalized spacial score (nSPS) is 13.4. The summed E-state index contributed by atoms with van der Waals surface area (Å²) in [7, 11) is 0. The number of benzene rings is 3. The van der Waals surface area contributed by atoms with Gasteiger partial charge in [0.1, 0.15) is 17.2 Å². The maximum atomic E-state index is 14.2. The first-order valence-electron chi connectivity index (χ1n) is 13.4. The van der Waals surface area contributed by atoms with Gasteiger partial charge in [0.05, 0.1) is 10.7 Å². The van der Waals surface area contributed by atoms with E-state index in [1.54, 1.807) is 36.4 Å². The van der Waals surface area contributed by atoms with Crippen molar-refractivity contribution in [1.82, 2.24) is 5.32 Å². The summed E-state index contributed by atoms with van der Waals surface area (Å²) in [6.07, 6.45) is 2.76. The Balaban J connectivity index is 1.15. The van der Waals surface area contributed by atoms with Gasteiger partial charge in [-0.3, -0.25) is 10.1 Å². The Hall–Kier alpha value is -4.13. The third-order valence-corrected chi connectivity index (χ3v) is 7.96. The van der Waals surface area contributed by atoms with E-state index in [1.165, 1.54) is 12.2 Å². The lowest BCUT2D eigenvalue weighted by Gasteiger charge is -2.38. The van der Waals surface area contributed by atoms with Gasteiger partial charge in [0, 0.05) is 48.5 Å². The van der Waals surface area contributed by atoms with E-state index < -0.39 is 40.7 Å². The van der Waals surface area contributed by atoms with Crippen LogP contribution < -0.4 is 20.4 Å². The number of amides is 1. The van der Waals surface area contributed by atoms with Crippen LogP contribution in [0.2, 0.25) is 10.0 Å². The highest BCUT2D eigenvalue weighted by atomic mass is 35.5. The Labute approximate surface area is 270 Å². The highest BCUT2D eigenvalue weighted by molar-refractivity contribution is 7.80. The average molecular weight is 682 g/mol. The molecule has 2 N–H and O–H groups in total. The lowest BCUT2D eigenvalue weighted by Crippen LogP contribution is -2.47. The number of carbonyl (C=O) groups is 1. The second-order valence-electron chi connectivity index (χ2n) is 10.0. The Morgan fingerprint density at radius 3 is 2.13 bits per heavy atom. The molecule has 1 amide bonds. The predicted octanol–water partition coefficient (Wildman–Crippen LogP) is 8.11. The van der Waals surface area contributed by atoms with Gasteiger partial charge in [0.25, 0.3) is 0 Å². The van der Waals surface area contributed by atoms with Gasteiger partial charge in [-0.15, -0.1) is 0 Å². The van der Waals surface area contributed by atoms with E-state index >= 15 is 0 Å². The molecule has 3 aromatic carbocycles. The summed E-state index contributed by atoms with van der Waals surface area (Å²) in [5.74, 6) is -9.37. The maximum absolute atomic E-state index is 14.2. The number of nitrogens with one attached hydrogen (secondary N) is 2. The fourth-order valence-electron chi connectivity index (χ4n) is 4.70. The van der Waals surface area contributed by atoms with E-state index in [1.807, 2.05) is 24.0 Å². The molecular weight excluding hydrogens is 658 g/mol. The Morgan fingerprint density at radius 1 is 0.844 bits per heavy atom. The molecule has 0 spiro atoms. The van der Waals surface area contributed by atoms with E-state index in [9.17, 15) is 26.7 Å². The molecule has 0 saturated carbocycles. The molecule has 6 nitrogen and oxygen atoms in total. The summed E-state index contributed by atoms with van der Waals surface area (Å²) < 4.78 is 75.0. The topological polar surface area (TPSA) is 60.8 Å². The molecule has 1 fully saturated rings. The van der Waals surface area contributed by atoms with Crippen molar-refractivity contribution in [2.24, 2.45) is 0 Å². The highest BCUT2D eigenvalue weighted by Crippen LogP contribution is 2.34. The van der Waals surface area contributed by atoms with Crippen LogP contribution in [0.3, 0.4) is 0 Å². The number of rotatable bonds is 6. The monoisotopic (exact) mass is 680 g/mol. The molecule has 14 heteroatoms. The summed E-state index contributed by atoms with van der Waals surface area (Å²) in [6.45, 7) is 2.26. The number of anilines is 3. The molecule has 1 aliphatic heterocycles. The average Bonchev–Trinajstić information content (AvgIpc) is 3.49. The molecular formula is C31H23Cl2F5N4O2S. The van der Waals surface area contributed by atoms with Gasteiger partial charge in [-0.2, -0.15) is 0 Å². The quantitative estimate of drug-likeness (QED) is 0.0706. The lowest BCUT2D eigenvalue weighted by atomic mass is 10.1. The maximum Gasteiger partial charge on any atom is 0.250 e. The van der Waals surface area contributed by atoms with Crippen LogP contribution >= 0.6 is 35.4 Å². The fraction of sp³-hybridized carbons (Fsp3) is 0.161. The molecule has 1 saturated heterocycles. The van der Waals surface area contributed by atoms with Crippen LogP contribution in [0.25, 0.3) is 17.4 Å². The number of furan rings is 1. The highest BCUT2D eigenvalue weighted by Gasteiger charge is 2.31. The van der Waals surface area contributed by atoms with Gasteiger partial charge in [0.2, 0.25) is 11.7 Å². The molecule has 0 aliphatic carbocycles. The molecule has 1 aromatic heterocycles. The molecule has 0 atom stereocenters. The summed E-state index contributed by atoms with van der Waals surface area (Å²) in [5.41, 5.74) is 1.86. The minimum absolute atomic E-state index is 0.0133. The molecule has 234 valence electrons. The van der Waals surface area contributed by atoms with Crippen LogP contribution in [-0.2, 0) is 4.79 Å². The van der Waals surface area contributed by atoms with Crippen LogP contribution in [0.4, 0.5) is 39.0 Å². The number of thiocarbonyl (C=S) groups is 1. The van der Waals surface area contributed by atoms with Gasteiger partial charge in [-0.25, -0.2) is 22.0 Å². The van der Waals surface area contributed by atoms with Gasteiger partial charge >= 0.3 is 0 Å². The van der Waals surface area contributed by atoms with Crippen LogP contribution in [0, 0.1) is 36.0 Å². The predicted molar refractivity (Wildman–Crippen MR) is 169 cm³/mol. The van der Waals surface area contributed by atoms with E-state index in [0.29, 0.717) is 32.9 Å². The van der Waals surface area contributed by atoms with Gasteiger partial charge in [0.15, 0.2) is 28.4 Å². The van der Waals surface area contributed by atoms with Crippen LogP contribution in [0.5, 0.6) is 0 Å². The molecule has 2 heterocycles. The standard InChI is InChI=1S/C31H23Cl2F5N4O2S/c1-16-2-3-17(14-20(16)32)23-8-5-19(44-23)6-9-24(43)40-31(45)39-18-4-7-22(21(33)15-18)41-10-12-42(13-11-41)30-28(37)26(35)25(34)27(36)29(30)38/h2-9,14-15H,10-13H2,1H3,(H2,39,40,43,45)/b9-6+. The van der Waals surface area contributed by atoms with E-state index in [2.05, 4.69) is 10.6 Å². The minimum atomic E-state index is -2.20. The zero-order valence-electron chi connectivity index (χ0n) is 23.4. The van der Waals surface area contributed by atoms with Crippen molar-refractivity contribution in [1.29, 1.82) is 0 Å². The van der Waals surface area contributed by atoms with Crippen molar-refractivity contribution in [2.75, 3.05) is 41.3 Å². The van der Waals surface area contributed by atoms with Gasteiger partial charge in [-0.05, 0) is 67.2 Å². The molecule has 45 heavy (non-hydrogen) atoms. The largest absolute Gasteiger partial charge is 0.457 e. The third-order valence-electron chi connectivity index (χ3n) is 7.05. The number of halogens is 7. The summed E-state index contributed by atoms with van der Waals surface area (Å²) in [4.78, 5) is 15.3. The summed E-state index contributed by atoms with van der Waals surface area (Å²) in [6, 6.07) is 14.0. The van der Waals surface area contributed by atoms with Crippen LogP contribution in [0.15, 0.2) is 59.0 Å². The van der Waals surface area contributed by atoms with E-state index in [4.69, 9.17) is 39.8 Å². The van der Waals surface area contributed by atoms with Gasteiger partial charge in [-0.1, -0.05) is 35.3 Å². The van der Waals surface area contributed by atoms with Crippen molar-refractivity contribution < 1.29 is 31.2 Å². The Kier molecular flexibility index (Phi) is 9.66. The van der Waals surface area contributed by atoms with E-state index in [-0.39, 0.29) is 31.3 Å². The molecule has 5 rings (SSSR count). The molecule has 0 radical (unpaired) electrons. The molecule has 4 aromatic rings. The minimum Gasteiger partial charge on any atom is -0.457 e. The number of carbonyl (C=O) groups excluding carboxylic acids is 1. The first-order chi connectivity index (χ1) is 21.4. The number of piperazine rings is 1. The van der Waals surface area contributed by atoms with E-state index in [0.717, 1.165) is 16.0 Å². The summed E-state index contributed by atoms with van der Waals surface area (Å²) >= 11 is 17.9. The first kappa shape index (κ1) is 32.3. The second kappa shape index (κ2) is 13.5.